The Kier molecular flexibility index (Phi) is 4.52. The van der Waals surface area contributed by atoms with Crippen LogP contribution in [-0.4, -0.2) is 24.6 Å². The minimum atomic E-state index is -3.43. The summed E-state index contributed by atoms with van der Waals surface area (Å²) in [5, 5.41) is 8.98. The number of hydrogen-bond acceptors (Lipinski definition) is 3. The molecule has 5 nitrogen and oxygen atoms in total. The second-order valence-electron chi connectivity index (χ2n) is 3.69. The summed E-state index contributed by atoms with van der Waals surface area (Å²) >= 11 is 0. The highest BCUT2D eigenvalue weighted by Gasteiger charge is 2.16. The molecule has 0 atom stereocenters. The maximum absolute atomic E-state index is 11.8. The summed E-state index contributed by atoms with van der Waals surface area (Å²) in [5.74, 6) is 0. The number of aromatic nitrogens is 1. The Hall–Kier alpha value is -0.850. The van der Waals surface area contributed by atoms with Gasteiger partial charge in [-0.3, -0.25) is 0 Å². The summed E-state index contributed by atoms with van der Waals surface area (Å²) < 4.78 is 27.7. The Bertz CT molecular complexity index is 437. The van der Waals surface area contributed by atoms with Crippen LogP contribution in [0.15, 0.2) is 17.2 Å². The van der Waals surface area contributed by atoms with Gasteiger partial charge in [0, 0.05) is 25.5 Å². The molecule has 0 aliphatic heterocycles. The van der Waals surface area contributed by atoms with Crippen LogP contribution < -0.4 is 4.72 Å². The zero-order chi connectivity index (χ0) is 12.2. The smallest absolute Gasteiger partial charge is 0.242 e. The zero-order valence-corrected chi connectivity index (χ0v) is 10.4. The molecule has 1 aromatic heterocycles. The first-order valence-corrected chi connectivity index (χ1v) is 6.75. The number of rotatable bonds is 6. The van der Waals surface area contributed by atoms with Crippen LogP contribution in [0.5, 0.6) is 0 Å². The van der Waals surface area contributed by atoms with Crippen LogP contribution in [-0.2, 0) is 23.7 Å². The second-order valence-corrected chi connectivity index (χ2v) is 5.45. The molecule has 0 spiro atoms. The largest absolute Gasteiger partial charge is 0.390 e. The van der Waals surface area contributed by atoms with Gasteiger partial charge in [0.25, 0.3) is 0 Å². The fourth-order valence-electron chi connectivity index (χ4n) is 1.35. The molecule has 0 bridgehead atoms. The van der Waals surface area contributed by atoms with Crippen molar-refractivity contribution in [3.63, 3.8) is 0 Å². The molecule has 1 heterocycles. The quantitative estimate of drug-likeness (QED) is 0.722. The summed E-state index contributed by atoms with van der Waals surface area (Å²) in [5.41, 5.74) is 0.580. The zero-order valence-electron chi connectivity index (χ0n) is 9.60. The maximum Gasteiger partial charge on any atom is 0.242 e. The van der Waals surface area contributed by atoms with Gasteiger partial charge >= 0.3 is 0 Å². The normalized spacial score (nSPS) is 11.9. The van der Waals surface area contributed by atoms with E-state index in [4.69, 9.17) is 5.11 Å². The lowest BCUT2D eigenvalue weighted by molar-refractivity contribution is 0.272. The third-order valence-electron chi connectivity index (χ3n) is 2.38. The molecule has 0 aromatic carbocycles. The lowest BCUT2D eigenvalue weighted by atomic mass is 10.3. The molecule has 0 fully saturated rings. The molecule has 0 saturated heterocycles. The van der Waals surface area contributed by atoms with E-state index in [1.165, 1.54) is 12.3 Å². The highest BCUT2D eigenvalue weighted by Crippen LogP contribution is 2.13. The van der Waals surface area contributed by atoms with Gasteiger partial charge in [0.15, 0.2) is 0 Å². The molecule has 16 heavy (non-hydrogen) atoms. The van der Waals surface area contributed by atoms with Crippen LogP contribution in [0.2, 0.25) is 0 Å². The molecule has 0 unspecified atom stereocenters. The van der Waals surface area contributed by atoms with Crippen molar-refractivity contribution in [1.82, 2.24) is 9.29 Å². The van der Waals surface area contributed by atoms with Crippen LogP contribution in [0.3, 0.4) is 0 Å². The Morgan fingerprint density at radius 3 is 2.69 bits per heavy atom. The Balaban J connectivity index is 2.81. The van der Waals surface area contributed by atoms with E-state index in [1.807, 2.05) is 6.92 Å². The van der Waals surface area contributed by atoms with Gasteiger partial charge in [-0.1, -0.05) is 13.3 Å². The summed E-state index contributed by atoms with van der Waals surface area (Å²) in [7, 11) is -1.72. The van der Waals surface area contributed by atoms with Crippen molar-refractivity contribution in [2.45, 2.75) is 31.3 Å². The predicted molar refractivity (Wildman–Crippen MR) is 61.4 cm³/mol. The van der Waals surface area contributed by atoms with E-state index in [1.54, 1.807) is 11.6 Å². The second kappa shape index (κ2) is 5.47. The van der Waals surface area contributed by atoms with Gasteiger partial charge in [0.1, 0.15) is 0 Å². The lowest BCUT2D eigenvalue weighted by Gasteiger charge is -2.02. The third kappa shape index (κ3) is 3.07. The molecule has 6 heteroatoms. The van der Waals surface area contributed by atoms with Crippen molar-refractivity contribution >= 4 is 10.0 Å². The number of hydrogen-bond donors (Lipinski definition) is 2. The topological polar surface area (TPSA) is 71.3 Å². The van der Waals surface area contributed by atoms with E-state index in [0.717, 1.165) is 12.8 Å². The standard InChI is InChI=1S/C10H18N2O3S/c1-3-4-5-11-16(14,15)10-6-9(8-13)12(2)7-10/h6-7,11,13H,3-5,8H2,1-2H3. The Morgan fingerprint density at radius 2 is 2.19 bits per heavy atom. The van der Waals surface area contributed by atoms with Gasteiger partial charge < -0.3 is 9.67 Å². The molecular weight excluding hydrogens is 228 g/mol. The number of nitrogens with zero attached hydrogens (tertiary/aromatic N) is 1. The maximum atomic E-state index is 11.8. The molecule has 0 aliphatic rings. The van der Waals surface area contributed by atoms with Crippen molar-refractivity contribution in [2.24, 2.45) is 7.05 Å². The van der Waals surface area contributed by atoms with Gasteiger partial charge in [-0.2, -0.15) is 0 Å². The van der Waals surface area contributed by atoms with E-state index >= 15 is 0 Å². The van der Waals surface area contributed by atoms with Gasteiger partial charge in [-0.15, -0.1) is 0 Å². The summed E-state index contributed by atoms with van der Waals surface area (Å²) in [6.45, 7) is 2.28. The van der Waals surface area contributed by atoms with Crippen LogP contribution in [0, 0.1) is 0 Å². The third-order valence-corrected chi connectivity index (χ3v) is 3.81. The molecule has 2 N–H and O–H groups in total. The van der Waals surface area contributed by atoms with Crippen LogP contribution in [0.25, 0.3) is 0 Å². The number of aryl methyl sites for hydroxylation is 1. The highest BCUT2D eigenvalue weighted by atomic mass is 32.2. The molecule has 92 valence electrons. The van der Waals surface area contributed by atoms with Gasteiger partial charge in [0.05, 0.1) is 11.5 Å². The Labute approximate surface area is 96.1 Å². The molecule has 0 radical (unpaired) electrons. The molecule has 1 aromatic rings. The van der Waals surface area contributed by atoms with E-state index in [9.17, 15) is 8.42 Å². The summed E-state index contributed by atoms with van der Waals surface area (Å²) in [6, 6.07) is 1.48. The number of unbranched alkanes of at least 4 members (excludes halogenated alkanes) is 1. The summed E-state index contributed by atoms with van der Waals surface area (Å²) in [4.78, 5) is 0.204. The van der Waals surface area contributed by atoms with E-state index < -0.39 is 10.0 Å². The average Bonchev–Trinajstić information content (AvgIpc) is 2.60. The first kappa shape index (κ1) is 13.2. The number of aliphatic hydroxyl groups is 1. The lowest BCUT2D eigenvalue weighted by Crippen LogP contribution is -2.24. The number of aliphatic hydroxyl groups excluding tert-OH is 1. The predicted octanol–water partition coefficient (Wildman–Crippen LogP) is 0.596. The minimum absolute atomic E-state index is 0.166. The fourth-order valence-corrected chi connectivity index (χ4v) is 2.52. The molecular formula is C10H18N2O3S. The van der Waals surface area contributed by atoms with Crippen LogP contribution >= 0.6 is 0 Å². The molecule has 1 rings (SSSR count). The van der Waals surface area contributed by atoms with E-state index in [2.05, 4.69) is 4.72 Å². The number of nitrogens with one attached hydrogen (secondary N) is 1. The van der Waals surface area contributed by atoms with Crippen molar-refractivity contribution < 1.29 is 13.5 Å². The van der Waals surface area contributed by atoms with Crippen LogP contribution in [0.4, 0.5) is 0 Å². The number of sulfonamides is 1. The van der Waals surface area contributed by atoms with Gasteiger partial charge in [-0.05, 0) is 12.5 Å². The van der Waals surface area contributed by atoms with Crippen LogP contribution in [0.1, 0.15) is 25.5 Å². The first-order valence-electron chi connectivity index (χ1n) is 5.27. The van der Waals surface area contributed by atoms with Crippen molar-refractivity contribution in [3.8, 4) is 0 Å². The van der Waals surface area contributed by atoms with Gasteiger partial charge in [-0.25, -0.2) is 13.1 Å². The average molecular weight is 246 g/mol. The van der Waals surface area contributed by atoms with Gasteiger partial charge in [0.2, 0.25) is 10.0 Å². The van der Waals surface area contributed by atoms with Crippen molar-refractivity contribution in [1.29, 1.82) is 0 Å². The van der Waals surface area contributed by atoms with Crippen molar-refractivity contribution in [2.75, 3.05) is 6.54 Å². The summed E-state index contributed by atoms with van der Waals surface area (Å²) in [6.07, 6.45) is 3.26. The molecule has 0 aliphatic carbocycles. The Morgan fingerprint density at radius 1 is 1.50 bits per heavy atom. The van der Waals surface area contributed by atoms with Crippen molar-refractivity contribution in [3.05, 3.63) is 18.0 Å². The monoisotopic (exact) mass is 246 g/mol. The fraction of sp³-hybridized carbons (Fsp3) is 0.600. The molecule has 0 amide bonds. The minimum Gasteiger partial charge on any atom is -0.390 e. The highest BCUT2D eigenvalue weighted by molar-refractivity contribution is 7.89. The van der Waals surface area contributed by atoms with E-state index in [0.29, 0.717) is 12.2 Å². The SMILES string of the molecule is CCCCNS(=O)(=O)c1cc(CO)n(C)c1. The molecule has 0 saturated carbocycles. The van der Waals surface area contributed by atoms with E-state index in [-0.39, 0.29) is 11.5 Å². The first-order chi connectivity index (χ1) is 7.51.